The van der Waals surface area contributed by atoms with E-state index in [9.17, 15) is 30.8 Å². The lowest BCUT2D eigenvalue weighted by Crippen LogP contribution is -2.54. The van der Waals surface area contributed by atoms with Crippen LogP contribution in [-0.4, -0.2) is 42.7 Å². The minimum absolute atomic E-state index is 0.0439. The lowest BCUT2D eigenvalue weighted by molar-refractivity contribution is -0.133. The number of nitrogens with one attached hydrogen (secondary N) is 1. The first-order valence-electron chi connectivity index (χ1n) is 16.9. The fraction of sp³-hybridized carbons (Fsp3) is 0.571. The average Bonchev–Trinajstić information content (AvgIpc) is 3.78. The summed E-state index contributed by atoms with van der Waals surface area (Å²) < 4.78 is 84.0. The van der Waals surface area contributed by atoms with Crippen LogP contribution < -0.4 is 9.62 Å². The van der Waals surface area contributed by atoms with Gasteiger partial charge in [0.25, 0.3) is 0 Å². The molecule has 1 N–H and O–H groups in total. The highest BCUT2D eigenvalue weighted by molar-refractivity contribution is 7.93. The first kappa shape index (κ1) is 31.8. The van der Waals surface area contributed by atoms with Crippen molar-refractivity contribution < 1.29 is 35.3 Å². The largest absolute Gasteiger partial charge is 0.516 e. The van der Waals surface area contributed by atoms with E-state index in [2.05, 4.69) is 5.16 Å². The number of alkyl halides is 4. The van der Waals surface area contributed by atoms with Gasteiger partial charge < -0.3 is 9.42 Å². The molecule has 8 nitrogen and oxygen atoms in total. The van der Waals surface area contributed by atoms with Crippen molar-refractivity contribution >= 4 is 27.3 Å². The van der Waals surface area contributed by atoms with Crippen LogP contribution in [0.3, 0.4) is 0 Å². The van der Waals surface area contributed by atoms with Crippen molar-refractivity contribution in [2.45, 2.75) is 93.6 Å². The minimum atomic E-state index is -5.54. The van der Waals surface area contributed by atoms with Crippen molar-refractivity contribution in [2.75, 3.05) is 16.2 Å². The van der Waals surface area contributed by atoms with Crippen molar-refractivity contribution in [3.05, 3.63) is 60.2 Å². The molecule has 1 heterocycles. The molecule has 7 saturated carbocycles. The fourth-order valence-electron chi connectivity index (χ4n) is 8.67. The van der Waals surface area contributed by atoms with E-state index in [1.807, 2.05) is 29.2 Å². The third kappa shape index (κ3) is 5.59. The number of benzene rings is 2. The zero-order valence-corrected chi connectivity index (χ0v) is 27.2. The van der Waals surface area contributed by atoms with Crippen LogP contribution in [0.25, 0.3) is 11.1 Å². The predicted molar refractivity (Wildman–Crippen MR) is 170 cm³/mol. The summed E-state index contributed by atoms with van der Waals surface area (Å²) in [6.45, 7) is 0.518. The molecule has 7 fully saturated rings. The van der Waals surface area contributed by atoms with Gasteiger partial charge in [0.2, 0.25) is 11.8 Å². The number of carbonyl (C=O) groups is 1. The predicted octanol–water partition coefficient (Wildman–Crippen LogP) is 7.88. The van der Waals surface area contributed by atoms with E-state index in [1.54, 1.807) is 4.72 Å². The highest BCUT2D eigenvalue weighted by Crippen LogP contribution is 2.59. The molecule has 13 heteroatoms. The van der Waals surface area contributed by atoms with E-state index in [0.29, 0.717) is 23.7 Å². The van der Waals surface area contributed by atoms with Crippen LogP contribution in [0.1, 0.15) is 88.3 Å². The maximum atomic E-state index is 14.9. The van der Waals surface area contributed by atoms with E-state index in [-0.39, 0.29) is 46.6 Å². The van der Waals surface area contributed by atoms with Crippen LogP contribution in [0.4, 0.5) is 28.9 Å². The highest BCUT2D eigenvalue weighted by Gasteiger charge is 2.55. The number of anilines is 2. The standard InChI is InChI=1S/C35H38F4N4O4S/c36-29-19-28(24-16-25(29)17-24)31(44)43(20-33-10-13-34(14-11-33,15-12-33)32-40-30(41-47-32)22-4-5-22)27-3-1-2-23(18-27)21-6-8-26(9-7-21)42-48(45,46)35(37,38)39/h1-3,6-9,18,22,24-25,28-29,42H,4-5,10-17,19-20H2/t24?,25?,28-,29?,33?,34?/m1/s1. The lowest BCUT2D eigenvalue weighted by Gasteiger charge is -2.54. The van der Waals surface area contributed by atoms with E-state index in [0.717, 1.165) is 81.5 Å². The maximum Gasteiger partial charge on any atom is 0.516 e. The molecule has 1 amide bonds. The molecule has 0 aliphatic heterocycles. The van der Waals surface area contributed by atoms with Gasteiger partial charge in [0.15, 0.2) is 5.82 Å². The molecule has 0 radical (unpaired) electrons. The van der Waals surface area contributed by atoms with Gasteiger partial charge in [-0.2, -0.15) is 26.6 Å². The minimum Gasteiger partial charge on any atom is -0.339 e. The van der Waals surface area contributed by atoms with Crippen molar-refractivity contribution in [2.24, 2.45) is 23.2 Å². The SMILES string of the molecule is O=C([C@@H]1CC(F)C2CC1C2)N(CC12CCC(c3nc(C4CC4)no3)(CC1)CC2)c1cccc(-c2ccc(NS(=O)(=O)C(F)(F)F)cc2)c1. The van der Waals surface area contributed by atoms with Crippen molar-refractivity contribution in [1.82, 2.24) is 10.1 Å². The third-order valence-corrected chi connectivity index (χ3v) is 13.1. The Labute approximate surface area is 276 Å². The molecule has 7 aliphatic carbocycles. The van der Waals surface area contributed by atoms with Crippen molar-refractivity contribution in [1.29, 1.82) is 0 Å². The quantitative estimate of drug-likeness (QED) is 0.230. The first-order chi connectivity index (χ1) is 22.8. The van der Waals surface area contributed by atoms with Crippen LogP contribution in [0.5, 0.6) is 0 Å². The molecule has 48 heavy (non-hydrogen) atoms. The summed E-state index contributed by atoms with van der Waals surface area (Å²) in [7, 11) is -5.54. The second-order valence-electron chi connectivity index (χ2n) is 15.0. The summed E-state index contributed by atoms with van der Waals surface area (Å²) >= 11 is 0. The van der Waals surface area contributed by atoms with Crippen LogP contribution in [0, 0.1) is 23.2 Å². The van der Waals surface area contributed by atoms with Gasteiger partial charge in [-0.3, -0.25) is 9.52 Å². The Kier molecular flexibility index (Phi) is 7.47. The summed E-state index contributed by atoms with van der Waals surface area (Å²) in [4.78, 5) is 21.1. The Morgan fingerprint density at radius 1 is 0.938 bits per heavy atom. The molecule has 2 atom stereocenters. The molecule has 1 aromatic heterocycles. The zero-order chi connectivity index (χ0) is 33.5. The Balaban J connectivity index is 1.05. The van der Waals surface area contributed by atoms with E-state index in [4.69, 9.17) is 9.51 Å². The van der Waals surface area contributed by atoms with E-state index >= 15 is 0 Å². The molecule has 0 saturated heterocycles. The number of fused-ring (bicyclic) bond motifs is 5. The molecule has 3 aromatic rings. The summed E-state index contributed by atoms with van der Waals surface area (Å²) in [5, 5.41) is 4.28. The van der Waals surface area contributed by atoms with Gasteiger partial charge in [-0.15, -0.1) is 0 Å². The summed E-state index contributed by atoms with van der Waals surface area (Å²) in [5.74, 6) is 1.84. The van der Waals surface area contributed by atoms with Gasteiger partial charge in [0.1, 0.15) is 6.17 Å². The van der Waals surface area contributed by atoms with Crippen LogP contribution in [-0.2, 0) is 20.2 Å². The third-order valence-electron chi connectivity index (χ3n) is 12.0. The molecule has 7 aliphatic rings. The molecule has 2 aromatic carbocycles. The van der Waals surface area contributed by atoms with Gasteiger partial charge >= 0.3 is 15.5 Å². The monoisotopic (exact) mass is 686 g/mol. The average molecular weight is 687 g/mol. The number of halogens is 4. The van der Waals surface area contributed by atoms with Crippen LogP contribution in [0.15, 0.2) is 53.1 Å². The smallest absolute Gasteiger partial charge is 0.339 e. The Bertz CT molecular complexity index is 1790. The molecule has 1 unspecified atom stereocenters. The van der Waals surface area contributed by atoms with Gasteiger partial charge in [0, 0.05) is 35.2 Å². The number of rotatable bonds is 9. The van der Waals surface area contributed by atoms with Gasteiger partial charge in [0.05, 0.1) is 0 Å². The number of sulfonamides is 1. The molecule has 0 spiro atoms. The Morgan fingerprint density at radius 3 is 2.25 bits per heavy atom. The van der Waals surface area contributed by atoms with Crippen LogP contribution in [0.2, 0.25) is 0 Å². The normalized spacial score (nSPS) is 31.2. The number of nitrogens with zero attached hydrogens (tertiary/aromatic N) is 3. The molecule has 10 rings (SSSR count). The molecule has 4 bridgehead atoms. The van der Waals surface area contributed by atoms with E-state index in [1.165, 1.54) is 24.3 Å². The highest BCUT2D eigenvalue weighted by atomic mass is 32.2. The van der Waals surface area contributed by atoms with Gasteiger partial charge in [-0.25, -0.2) is 4.39 Å². The zero-order valence-electron chi connectivity index (χ0n) is 26.4. The Morgan fingerprint density at radius 2 is 1.62 bits per heavy atom. The lowest BCUT2D eigenvalue weighted by atomic mass is 9.53. The first-order valence-corrected chi connectivity index (χ1v) is 18.4. The summed E-state index contributed by atoms with van der Waals surface area (Å²) in [6.07, 6.45) is 8.46. The fourth-order valence-corrected chi connectivity index (χ4v) is 9.23. The van der Waals surface area contributed by atoms with Crippen molar-refractivity contribution in [3.63, 3.8) is 0 Å². The van der Waals surface area contributed by atoms with Gasteiger partial charge in [-0.1, -0.05) is 29.4 Å². The molecule has 256 valence electrons. The summed E-state index contributed by atoms with van der Waals surface area (Å²) in [6, 6.07) is 13.1. The second kappa shape index (κ2) is 11.3. The molecular formula is C35H38F4N4O4S. The Hall–Kier alpha value is -3.48. The van der Waals surface area contributed by atoms with Crippen LogP contribution >= 0.6 is 0 Å². The molecular weight excluding hydrogens is 648 g/mol. The summed E-state index contributed by atoms with van der Waals surface area (Å²) in [5.41, 5.74) is -3.81. The second-order valence-corrected chi connectivity index (χ2v) is 16.6. The number of hydrogen-bond donors (Lipinski definition) is 1. The number of aromatic nitrogens is 2. The number of carbonyl (C=O) groups excluding carboxylic acids is 1. The number of hydrogen-bond acceptors (Lipinski definition) is 6. The number of amides is 1. The van der Waals surface area contributed by atoms with Gasteiger partial charge in [-0.05, 0) is 123 Å². The maximum absolute atomic E-state index is 14.9. The van der Waals surface area contributed by atoms with E-state index < -0.39 is 21.7 Å². The van der Waals surface area contributed by atoms with Crippen molar-refractivity contribution in [3.8, 4) is 11.1 Å². The topological polar surface area (TPSA) is 105 Å².